The first-order chi connectivity index (χ1) is 19.1. The Hall–Kier alpha value is -3.07. The molecule has 214 valence electrons. The van der Waals surface area contributed by atoms with Crippen LogP contribution in [0.15, 0.2) is 61.3 Å². The maximum atomic E-state index is 13.5. The second kappa shape index (κ2) is 13.1. The minimum Gasteiger partial charge on any atom is -0.413 e. The summed E-state index contributed by atoms with van der Waals surface area (Å²) in [5.74, 6) is 0.437. The summed E-state index contributed by atoms with van der Waals surface area (Å²) in [4.78, 5) is 22.1. The van der Waals surface area contributed by atoms with Crippen molar-refractivity contribution in [2.24, 2.45) is 5.92 Å². The maximum Gasteiger partial charge on any atom is 0.200 e. The molecule has 40 heavy (non-hydrogen) atoms. The van der Waals surface area contributed by atoms with Gasteiger partial charge in [-0.25, -0.2) is 9.97 Å². The van der Waals surface area contributed by atoms with Crippen molar-refractivity contribution in [1.82, 2.24) is 14.5 Å². The van der Waals surface area contributed by atoms with Crippen LogP contribution in [0.3, 0.4) is 0 Å². The van der Waals surface area contributed by atoms with Crippen LogP contribution in [0.4, 0.5) is 5.82 Å². The third kappa shape index (κ3) is 6.45. The van der Waals surface area contributed by atoms with Crippen LogP contribution in [-0.4, -0.2) is 52.5 Å². The van der Waals surface area contributed by atoms with Gasteiger partial charge in [-0.05, 0) is 47.2 Å². The van der Waals surface area contributed by atoms with Gasteiger partial charge in [0.2, 0.25) is 8.32 Å². The Morgan fingerprint density at radius 3 is 2.45 bits per heavy atom. The first kappa shape index (κ1) is 29.9. The highest BCUT2D eigenvalue weighted by molar-refractivity contribution is 6.77. The minimum atomic E-state index is -2.10. The number of carbonyl (C=O) groups is 1. The Balaban J connectivity index is 1.49. The van der Waals surface area contributed by atoms with Crippen molar-refractivity contribution in [1.29, 1.82) is 0 Å². The van der Waals surface area contributed by atoms with Gasteiger partial charge in [-0.1, -0.05) is 71.9 Å². The molecule has 4 rings (SSSR count). The Bertz CT molecular complexity index is 1270. The molecule has 0 saturated heterocycles. The summed E-state index contributed by atoms with van der Waals surface area (Å²) in [6.07, 6.45) is 12.2. The molecule has 2 N–H and O–H groups in total. The van der Waals surface area contributed by atoms with Crippen LogP contribution in [0.1, 0.15) is 75.9 Å². The third-order valence-corrected chi connectivity index (χ3v) is 14.6. The number of aromatic nitrogens is 3. The zero-order chi connectivity index (χ0) is 28.9. The Morgan fingerprint density at radius 1 is 1.10 bits per heavy atom. The van der Waals surface area contributed by atoms with Gasteiger partial charge in [0, 0.05) is 48.9 Å². The molecule has 8 heteroatoms. The minimum absolute atomic E-state index is 0.0206. The van der Waals surface area contributed by atoms with E-state index in [1.54, 1.807) is 6.20 Å². The number of carbonyl (C=O) groups excluding carboxylic acids is 1. The number of hydrogen-bond acceptors (Lipinski definition) is 6. The highest BCUT2D eigenvalue weighted by Gasteiger charge is 2.49. The average Bonchev–Trinajstić information content (AvgIpc) is 3.57. The van der Waals surface area contributed by atoms with E-state index in [2.05, 4.69) is 56.8 Å². The molecule has 1 aliphatic carbocycles. The van der Waals surface area contributed by atoms with Crippen molar-refractivity contribution in [2.45, 2.75) is 83.2 Å². The predicted molar refractivity (Wildman–Crippen MR) is 165 cm³/mol. The van der Waals surface area contributed by atoms with E-state index in [9.17, 15) is 9.90 Å². The number of benzene rings is 1. The second-order valence-corrected chi connectivity index (χ2v) is 17.3. The molecule has 7 nitrogen and oxygen atoms in total. The topological polar surface area (TPSA) is 89.3 Å². The van der Waals surface area contributed by atoms with E-state index in [1.165, 1.54) is 6.33 Å². The summed E-state index contributed by atoms with van der Waals surface area (Å²) in [6, 6.07) is 11.9. The fourth-order valence-corrected chi connectivity index (χ4v) is 12.2. The molecule has 2 aromatic heterocycles. The molecule has 0 radical (unpaired) electrons. The first-order valence-electron chi connectivity index (χ1n) is 14.5. The Kier molecular flexibility index (Phi) is 9.76. The zero-order valence-corrected chi connectivity index (χ0v) is 25.6. The van der Waals surface area contributed by atoms with Crippen LogP contribution in [-0.2, 0) is 4.43 Å². The molecule has 1 saturated carbocycles. The van der Waals surface area contributed by atoms with Gasteiger partial charge in [-0.3, -0.25) is 4.79 Å². The molecule has 3 aromatic rings. The van der Waals surface area contributed by atoms with Crippen molar-refractivity contribution in [2.75, 3.05) is 11.9 Å². The van der Waals surface area contributed by atoms with Gasteiger partial charge in [-0.2, -0.15) is 0 Å². The Labute approximate surface area is 239 Å². The normalized spacial score (nSPS) is 19.8. The number of aliphatic hydroxyl groups excluding tert-OH is 1. The first-order valence-corrected chi connectivity index (χ1v) is 16.6. The van der Waals surface area contributed by atoms with Gasteiger partial charge < -0.3 is 19.4 Å². The van der Waals surface area contributed by atoms with Gasteiger partial charge in [0.1, 0.15) is 12.1 Å². The third-order valence-electron chi connectivity index (χ3n) is 8.44. The van der Waals surface area contributed by atoms with Crippen molar-refractivity contribution >= 4 is 32.2 Å². The lowest BCUT2D eigenvalue weighted by Gasteiger charge is -2.45. The van der Waals surface area contributed by atoms with E-state index in [0.717, 1.165) is 18.4 Å². The Morgan fingerprint density at radius 2 is 1.80 bits per heavy atom. The van der Waals surface area contributed by atoms with Crippen molar-refractivity contribution in [3.05, 3.63) is 78.0 Å². The van der Waals surface area contributed by atoms with Gasteiger partial charge in [0.05, 0.1) is 11.7 Å². The molecular formula is C32H44N4O3Si. The smallest absolute Gasteiger partial charge is 0.200 e. The van der Waals surface area contributed by atoms with Crippen LogP contribution >= 0.6 is 0 Å². The maximum absolute atomic E-state index is 13.5. The zero-order valence-electron chi connectivity index (χ0n) is 24.6. The van der Waals surface area contributed by atoms with Crippen LogP contribution in [0.5, 0.6) is 0 Å². The van der Waals surface area contributed by atoms with Gasteiger partial charge >= 0.3 is 0 Å². The number of nitrogens with one attached hydrogen (secondary N) is 1. The SMILES string of the molecule is CC(C)[Si](O[C@H]1C[C@H](Nc2ncncc2C(=O)c2ccn(C=Cc3ccccc3)c2)C[C@@H]1CO)(C(C)C)C(C)C. The van der Waals surface area contributed by atoms with Gasteiger partial charge in [-0.15, -0.1) is 0 Å². The van der Waals surface area contributed by atoms with Gasteiger partial charge in [0.25, 0.3) is 0 Å². The van der Waals surface area contributed by atoms with Gasteiger partial charge in [0.15, 0.2) is 5.78 Å². The van der Waals surface area contributed by atoms with Crippen LogP contribution in [0, 0.1) is 5.92 Å². The van der Waals surface area contributed by atoms with Crippen LogP contribution in [0.25, 0.3) is 12.3 Å². The molecule has 0 aliphatic heterocycles. The molecule has 0 amide bonds. The molecule has 1 aliphatic rings. The van der Waals surface area contributed by atoms with Crippen molar-refractivity contribution < 1.29 is 14.3 Å². The molecule has 2 heterocycles. The van der Waals surface area contributed by atoms with Crippen LogP contribution in [0.2, 0.25) is 16.6 Å². The lowest BCUT2D eigenvalue weighted by atomic mass is 10.1. The predicted octanol–water partition coefficient (Wildman–Crippen LogP) is 6.88. The van der Waals surface area contributed by atoms with Crippen LogP contribution < -0.4 is 5.32 Å². The number of nitrogens with zero attached hydrogens (tertiary/aromatic N) is 3. The quantitative estimate of drug-likeness (QED) is 0.185. The number of hydrogen-bond donors (Lipinski definition) is 2. The highest BCUT2D eigenvalue weighted by atomic mass is 28.4. The molecular weight excluding hydrogens is 516 g/mol. The number of anilines is 1. The lowest BCUT2D eigenvalue weighted by molar-refractivity contribution is 0.0941. The summed E-state index contributed by atoms with van der Waals surface area (Å²) >= 11 is 0. The van der Waals surface area contributed by atoms with E-state index in [-0.39, 0.29) is 30.5 Å². The molecule has 0 unspecified atom stereocenters. The van der Waals surface area contributed by atoms with E-state index < -0.39 is 8.32 Å². The number of aliphatic hydroxyl groups is 1. The van der Waals surface area contributed by atoms with Crippen molar-refractivity contribution in [3.63, 3.8) is 0 Å². The summed E-state index contributed by atoms with van der Waals surface area (Å²) in [6.45, 7) is 13.8. The van der Waals surface area contributed by atoms with E-state index in [4.69, 9.17) is 4.43 Å². The lowest BCUT2D eigenvalue weighted by Crippen LogP contribution is -2.51. The summed E-state index contributed by atoms with van der Waals surface area (Å²) in [7, 11) is -2.10. The number of rotatable bonds is 12. The fraction of sp³-hybridized carbons (Fsp3) is 0.469. The number of ketones is 1. The second-order valence-electron chi connectivity index (χ2n) is 11.9. The summed E-state index contributed by atoms with van der Waals surface area (Å²) < 4.78 is 8.96. The van der Waals surface area contributed by atoms with E-state index in [1.807, 2.05) is 65.6 Å². The largest absolute Gasteiger partial charge is 0.413 e. The highest BCUT2D eigenvalue weighted by Crippen LogP contribution is 2.46. The molecule has 1 fully saturated rings. The summed E-state index contributed by atoms with van der Waals surface area (Å²) in [5, 5.41) is 13.8. The van der Waals surface area contributed by atoms with Crippen molar-refractivity contribution in [3.8, 4) is 0 Å². The van der Waals surface area contributed by atoms with E-state index >= 15 is 0 Å². The monoisotopic (exact) mass is 560 g/mol. The van der Waals surface area contributed by atoms with E-state index in [0.29, 0.717) is 33.6 Å². The fourth-order valence-electron chi connectivity index (χ4n) is 6.55. The molecule has 1 aromatic carbocycles. The summed E-state index contributed by atoms with van der Waals surface area (Å²) in [5.41, 5.74) is 3.51. The standard InChI is InChI=1S/C32H44N4O3Si/c1-22(2)40(23(3)4,24(5)6)39-30-17-28(16-27(30)20-37)35-32-29(18-33-21-34-32)31(38)26-13-15-36(19-26)14-12-25-10-8-7-9-11-25/h7-15,18-19,21-24,27-28,30,37H,16-17,20H2,1-6H3,(H,33,34,35)/t27-,28-,30+/m1/s1. The molecule has 0 spiro atoms. The average molecular weight is 561 g/mol. The molecule has 0 bridgehead atoms. The molecule has 3 atom stereocenters.